The zero-order valence-corrected chi connectivity index (χ0v) is 43.2. The Kier molecular flexibility index (Phi) is 16.4. The quantitative estimate of drug-likeness (QED) is 0.0599. The molecule has 14 nitrogen and oxygen atoms in total. The van der Waals surface area contributed by atoms with Gasteiger partial charge < -0.3 is 35.0 Å². The number of carbonyl (C=O) groups excluding carboxylic acids is 4. The number of carbonyl (C=O) groups is 4. The van der Waals surface area contributed by atoms with Crippen LogP contribution in [0, 0.1) is 23.7 Å². The molecule has 4 aromatic carbocycles. The van der Waals surface area contributed by atoms with Gasteiger partial charge in [-0.2, -0.15) is 18.4 Å². The SMILES string of the molecule is Cc1ncsc1-c1ccc(CNC(=O)[C@@H]2C[C@@H](O)CN2C(=O)[C@@H](NC(=O)CO[C@H](C)CCCOc2ccc(-c3ccc(N4C(=S)N(c5ccc(C#N)c(C(F)(F)F)c5)C(=O)C4(C)C)cc3)cc2)C(C)(C)C)cc1. The lowest BCUT2D eigenvalue weighted by Crippen LogP contribution is -2.58. The summed E-state index contributed by atoms with van der Waals surface area (Å²) in [5.74, 6) is -1.21. The van der Waals surface area contributed by atoms with Crippen molar-refractivity contribution in [2.45, 2.75) is 110 Å². The summed E-state index contributed by atoms with van der Waals surface area (Å²) < 4.78 is 53.2. The molecule has 73 heavy (non-hydrogen) atoms. The zero-order valence-electron chi connectivity index (χ0n) is 41.6. The van der Waals surface area contributed by atoms with Crippen LogP contribution in [0.15, 0.2) is 96.5 Å². The fourth-order valence-electron chi connectivity index (χ4n) is 8.85. The monoisotopic (exact) mass is 1040 g/mol. The number of ether oxygens (including phenoxy) is 2. The average Bonchev–Trinajstić information content (AvgIpc) is 4.02. The van der Waals surface area contributed by atoms with Crippen molar-refractivity contribution >= 4 is 63.7 Å². The van der Waals surface area contributed by atoms with Gasteiger partial charge in [-0.05, 0) is 123 Å². The number of aliphatic hydroxyl groups excluding tert-OH is 1. The number of likely N-dealkylation sites (tertiary alicyclic amines) is 1. The van der Waals surface area contributed by atoms with Gasteiger partial charge in [-0.15, -0.1) is 11.3 Å². The number of halogens is 3. The summed E-state index contributed by atoms with van der Waals surface area (Å²) in [6, 6.07) is 25.3. The lowest BCUT2D eigenvalue weighted by Gasteiger charge is -2.35. The number of nitrogens with one attached hydrogen (secondary N) is 2. The first-order chi connectivity index (χ1) is 34.5. The van der Waals surface area contributed by atoms with Crippen LogP contribution in [-0.2, 0) is 36.6 Å². The third-order valence-corrected chi connectivity index (χ3v) is 14.2. The highest BCUT2D eigenvalue weighted by Gasteiger charge is 2.51. The molecule has 5 aromatic rings. The Morgan fingerprint density at radius 2 is 1.60 bits per heavy atom. The second-order valence-corrected chi connectivity index (χ2v) is 21.0. The second kappa shape index (κ2) is 22.2. The van der Waals surface area contributed by atoms with Crippen LogP contribution in [0.4, 0.5) is 24.5 Å². The summed E-state index contributed by atoms with van der Waals surface area (Å²) in [5.41, 5.74) is 3.21. The van der Waals surface area contributed by atoms with Crippen LogP contribution in [0.1, 0.15) is 83.2 Å². The van der Waals surface area contributed by atoms with Gasteiger partial charge in [0.05, 0.1) is 57.8 Å². The molecule has 0 spiro atoms. The zero-order chi connectivity index (χ0) is 53.0. The first-order valence-corrected chi connectivity index (χ1v) is 25.1. The van der Waals surface area contributed by atoms with E-state index in [4.69, 9.17) is 21.7 Å². The number of aromatic nitrogens is 1. The van der Waals surface area contributed by atoms with Crippen molar-refractivity contribution in [2.24, 2.45) is 5.41 Å². The molecule has 1 aromatic heterocycles. The Morgan fingerprint density at radius 3 is 2.21 bits per heavy atom. The molecule has 19 heteroatoms. The molecule has 0 saturated carbocycles. The minimum Gasteiger partial charge on any atom is -0.494 e. The first-order valence-electron chi connectivity index (χ1n) is 23.8. The average molecular weight is 1040 g/mol. The molecule has 0 radical (unpaired) electrons. The summed E-state index contributed by atoms with van der Waals surface area (Å²) in [5, 5.41) is 25.6. The molecule has 384 valence electrons. The maximum absolute atomic E-state index is 14.1. The van der Waals surface area contributed by atoms with E-state index in [-0.39, 0.29) is 48.9 Å². The van der Waals surface area contributed by atoms with Crippen molar-refractivity contribution in [1.29, 1.82) is 5.26 Å². The number of aryl methyl sites for hydroxylation is 1. The third-order valence-electron chi connectivity index (χ3n) is 12.9. The molecule has 0 unspecified atom stereocenters. The van der Waals surface area contributed by atoms with E-state index in [1.165, 1.54) is 11.0 Å². The van der Waals surface area contributed by atoms with E-state index in [0.29, 0.717) is 30.9 Å². The van der Waals surface area contributed by atoms with E-state index in [1.54, 1.807) is 53.8 Å². The van der Waals surface area contributed by atoms with Gasteiger partial charge in [-0.3, -0.25) is 24.1 Å². The third kappa shape index (κ3) is 12.4. The van der Waals surface area contributed by atoms with Gasteiger partial charge >= 0.3 is 6.18 Å². The Balaban J connectivity index is 0.855. The van der Waals surface area contributed by atoms with Gasteiger partial charge in [0.1, 0.15) is 30.0 Å². The summed E-state index contributed by atoms with van der Waals surface area (Å²) in [6.07, 6.45) is -4.73. The molecule has 0 aliphatic carbocycles. The molecular weight excluding hydrogens is 980 g/mol. The molecule has 2 aliphatic heterocycles. The standard InChI is InChI=1S/C54H58F3N7O7S2/c1-32(71-30-45(66)61-47(52(3,4)5)49(68)62-29-41(65)26-44(62)48(67)59-28-34-10-12-37(13-11-34)46-33(2)60-31-73-46)9-8-24-70-42-22-17-36(18-23-42)35-14-19-39(20-15-35)64-51(72)63(50(69)53(64,6)7)40-21-16-38(27-58)43(25-40)54(55,56)57/h10-23,25,31-32,41,44,47,65H,8-9,24,26,28-30H2,1-7H3,(H,59,67)(H,61,66)/t32-,41-,44+,47-/m1/s1. The number of β-amino-alcohol motifs (C(OH)–C–C–N with tert-alkyl or cyclic N) is 1. The normalized spacial score (nSPS) is 17.6. The number of alkyl halides is 3. The van der Waals surface area contributed by atoms with Crippen LogP contribution in [0.3, 0.4) is 0 Å². The topological polar surface area (TPSA) is 177 Å². The molecule has 2 aliphatic rings. The van der Waals surface area contributed by atoms with Crippen LogP contribution < -0.4 is 25.2 Å². The van der Waals surface area contributed by atoms with Crippen LogP contribution >= 0.6 is 23.6 Å². The Morgan fingerprint density at radius 1 is 0.973 bits per heavy atom. The summed E-state index contributed by atoms with van der Waals surface area (Å²) in [7, 11) is 0. The van der Waals surface area contributed by atoms with Crippen molar-refractivity contribution in [3.05, 3.63) is 119 Å². The maximum atomic E-state index is 14.1. The highest BCUT2D eigenvalue weighted by atomic mass is 32.1. The molecule has 7 rings (SSSR count). The molecule has 3 heterocycles. The van der Waals surface area contributed by atoms with Gasteiger partial charge in [0.25, 0.3) is 5.91 Å². The minimum absolute atomic E-state index is 0.00240. The van der Waals surface area contributed by atoms with Crippen molar-refractivity contribution in [3.63, 3.8) is 0 Å². The molecule has 3 N–H and O–H groups in total. The van der Waals surface area contributed by atoms with Crippen molar-refractivity contribution < 1.29 is 46.9 Å². The van der Waals surface area contributed by atoms with Crippen LogP contribution in [0.2, 0.25) is 0 Å². The van der Waals surface area contributed by atoms with Gasteiger partial charge in [0.2, 0.25) is 17.7 Å². The predicted molar refractivity (Wildman–Crippen MR) is 276 cm³/mol. The number of amides is 4. The van der Waals surface area contributed by atoms with Crippen molar-refractivity contribution in [2.75, 3.05) is 29.6 Å². The lowest BCUT2D eigenvalue weighted by atomic mass is 9.85. The number of hydrogen-bond acceptors (Lipinski definition) is 11. The van der Waals surface area contributed by atoms with Gasteiger partial charge in [0.15, 0.2) is 5.11 Å². The number of thiazole rings is 1. The lowest BCUT2D eigenvalue weighted by molar-refractivity contribution is -0.145. The van der Waals surface area contributed by atoms with Gasteiger partial charge in [0, 0.05) is 25.2 Å². The predicted octanol–water partition coefficient (Wildman–Crippen LogP) is 8.97. The smallest absolute Gasteiger partial charge is 0.417 e. The molecule has 4 amide bonds. The fraction of sp³-hybridized carbons (Fsp3) is 0.389. The molecule has 2 fully saturated rings. The Bertz CT molecular complexity index is 2880. The van der Waals surface area contributed by atoms with E-state index in [2.05, 4.69) is 15.6 Å². The number of benzene rings is 4. The molecule has 4 atom stereocenters. The second-order valence-electron chi connectivity index (χ2n) is 19.8. The minimum atomic E-state index is -4.81. The summed E-state index contributed by atoms with van der Waals surface area (Å²) >= 11 is 7.24. The highest BCUT2D eigenvalue weighted by molar-refractivity contribution is 7.81. The number of hydrogen-bond donors (Lipinski definition) is 3. The highest BCUT2D eigenvalue weighted by Crippen LogP contribution is 2.40. The van der Waals surface area contributed by atoms with E-state index < -0.39 is 64.2 Å². The van der Waals surface area contributed by atoms with Gasteiger partial charge in [-0.1, -0.05) is 69.3 Å². The number of thiocarbonyl (C=S) groups is 1. The van der Waals surface area contributed by atoms with Crippen LogP contribution in [0.25, 0.3) is 21.6 Å². The number of anilines is 2. The summed E-state index contributed by atoms with van der Waals surface area (Å²) in [4.78, 5) is 63.8. The van der Waals surface area contributed by atoms with Crippen LogP contribution in [-0.4, -0.2) is 93.3 Å². The van der Waals surface area contributed by atoms with E-state index >= 15 is 0 Å². The number of nitriles is 1. The first kappa shape index (κ1) is 54.1. The number of nitrogens with zero attached hydrogens (tertiary/aromatic N) is 5. The largest absolute Gasteiger partial charge is 0.494 e. The van der Waals surface area contributed by atoms with Gasteiger partial charge in [-0.25, -0.2) is 4.98 Å². The number of rotatable bonds is 17. The van der Waals surface area contributed by atoms with E-state index in [0.717, 1.165) is 49.9 Å². The molecule has 2 saturated heterocycles. The Labute approximate surface area is 432 Å². The maximum Gasteiger partial charge on any atom is 0.417 e. The molecular formula is C54H58F3N7O7S2. The Hall–Kier alpha value is -6.72. The van der Waals surface area contributed by atoms with Crippen molar-refractivity contribution in [1.82, 2.24) is 20.5 Å². The summed E-state index contributed by atoms with van der Waals surface area (Å²) in [6.45, 7) is 12.8. The van der Waals surface area contributed by atoms with E-state index in [9.17, 15) is 42.7 Å². The van der Waals surface area contributed by atoms with Crippen molar-refractivity contribution in [3.8, 4) is 33.4 Å². The molecule has 0 bridgehead atoms. The van der Waals surface area contributed by atoms with Crippen LogP contribution in [0.5, 0.6) is 5.75 Å². The van der Waals surface area contributed by atoms with E-state index in [1.807, 2.05) is 95.3 Å². The fourth-order valence-corrected chi connectivity index (χ4v) is 10.2. The number of aliphatic hydroxyl groups is 1.